The number of fused-ring (bicyclic) bond motifs is 1. The van der Waals surface area contributed by atoms with E-state index in [1.807, 2.05) is 0 Å². The summed E-state index contributed by atoms with van der Waals surface area (Å²) in [6.07, 6.45) is 2.49. The van der Waals surface area contributed by atoms with Gasteiger partial charge < -0.3 is 10.3 Å². The van der Waals surface area contributed by atoms with Crippen LogP contribution < -0.4 is 5.32 Å². The molecule has 1 atom stereocenters. The predicted octanol–water partition coefficient (Wildman–Crippen LogP) is 2.34. The van der Waals surface area contributed by atoms with Gasteiger partial charge >= 0.3 is 0 Å². The molecule has 2 heterocycles. The highest BCUT2D eigenvalue weighted by Gasteiger charge is 2.18. The molecular weight excluding hydrogens is 198 g/mol. The molecule has 0 bridgehead atoms. The van der Waals surface area contributed by atoms with Gasteiger partial charge in [-0.05, 0) is 37.9 Å². The van der Waals surface area contributed by atoms with Crippen molar-refractivity contribution in [3.8, 4) is 0 Å². The lowest BCUT2D eigenvalue weighted by Crippen LogP contribution is -2.28. The van der Waals surface area contributed by atoms with Gasteiger partial charge in [0.1, 0.15) is 5.82 Å². The number of aromatic amines is 1. The monoisotopic (exact) mass is 215 g/mol. The van der Waals surface area contributed by atoms with Crippen LogP contribution >= 0.6 is 0 Å². The average Bonchev–Trinajstić information content (AvgIpc) is 2.76. The maximum absolute atomic E-state index is 4.74. The molecule has 0 unspecified atom stereocenters. The quantitative estimate of drug-likeness (QED) is 0.766. The number of aromatic nitrogens is 2. The zero-order chi connectivity index (χ0) is 11.0. The summed E-state index contributed by atoms with van der Waals surface area (Å²) in [5, 5.41) is 3.43. The van der Waals surface area contributed by atoms with Gasteiger partial charge in [-0.2, -0.15) is 0 Å². The maximum atomic E-state index is 4.74. The summed E-state index contributed by atoms with van der Waals surface area (Å²) >= 11 is 0. The van der Waals surface area contributed by atoms with E-state index in [2.05, 4.69) is 35.4 Å². The molecule has 3 nitrogen and oxygen atoms in total. The zero-order valence-corrected chi connectivity index (χ0v) is 9.59. The second kappa shape index (κ2) is 3.91. The highest BCUT2D eigenvalue weighted by molar-refractivity contribution is 5.78. The predicted molar refractivity (Wildman–Crippen MR) is 65.7 cm³/mol. The third-order valence-corrected chi connectivity index (χ3v) is 3.42. The first kappa shape index (κ1) is 9.85. The van der Waals surface area contributed by atoms with Crippen molar-refractivity contribution in [2.24, 2.45) is 0 Å². The van der Waals surface area contributed by atoms with Crippen molar-refractivity contribution in [2.45, 2.75) is 25.7 Å². The molecule has 0 amide bonds. The minimum Gasteiger partial charge on any atom is -0.342 e. The van der Waals surface area contributed by atoms with Crippen LogP contribution in [0.2, 0.25) is 0 Å². The molecule has 0 saturated carbocycles. The molecular formula is C13H17N3. The van der Waals surface area contributed by atoms with Crippen LogP contribution in [0.5, 0.6) is 0 Å². The Morgan fingerprint density at radius 3 is 3.06 bits per heavy atom. The molecule has 84 valence electrons. The van der Waals surface area contributed by atoms with Gasteiger partial charge in [0.15, 0.2) is 0 Å². The van der Waals surface area contributed by atoms with Crippen molar-refractivity contribution in [1.82, 2.24) is 15.3 Å². The number of para-hydroxylation sites is 1. The number of piperidine rings is 1. The van der Waals surface area contributed by atoms with Crippen LogP contribution in [0.4, 0.5) is 0 Å². The lowest BCUT2D eigenvalue weighted by atomic mass is 9.99. The van der Waals surface area contributed by atoms with Gasteiger partial charge in [-0.1, -0.05) is 12.1 Å². The van der Waals surface area contributed by atoms with Crippen LogP contribution in [0.1, 0.15) is 30.1 Å². The Balaban J connectivity index is 2.01. The van der Waals surface area contributed by atoms with E-state index in [0.717, 1.165) is 24.4 Å². The second-order valence-corrected chi connectivity index (χ2v) is 4.64. The third kappa shape index (κ3) is 1.61. The second-order valence-electron chi connectivity index (χ2n) is 4.64. The zero-order valence-electron chi connectivity index (χ0n) is 9.59. The lowest BCUT2D eigenvalue weighted by molar-refractivity contribution is 0.449. The summed E-state index contributed by atoms with van der Waals surface area (Å²) in [7, 11) is 0. The number of aryl methyl sites for hydroxylation is 1. The molecule has 0 spiro atoms. The molecule has 1 aliphatic heterocycles. The van der Waals surface area contributed by atoms with Gasteiger partial charge in [-0.3, -0.25) is 0 Å². The summed E-state index contributed by atoms with van der Waals surface area (Å²) < 4.78 is 0. The molecule has 16 heavy (non-hydrogen) atoms. The Morgan fingerprint density at radius 2 is 2.31 bits per heavy atom. The maximum Gasteiger partial charge on any atom is 0.111 e. The summed E-state index contributed by atoms with van der Waals surface area (Å²) in [6.45, 7) is 4.32. The number of nitrogens with zero attached hydrogens (tertiary/aromatic N) is 1. The first-order chi connectivity index (χ1) is 7.84. The number of imidazole rings is 1. The number of benzene rings is 1. The number of H-pyrrole nitrogens is 1. The third-order valence-electron chi connectivity index (χ3n) is 3.42. The first-order valence-electron chi connectivity index (χ1n) is 6.00. The van der Waals surface area contributed by atoms with Crippen molar-refractivity contribution >= 4 is 11.0 Å². The van der Waals surface area contributed by atoms with Crippen molar-refractivity contribution in [1.29, 1.82) is 0 Å². The Bertz CT molecular complexity index is 495. The number of hydrogen-bond acceptors (Lipinski definition) is 2. The molecule has 0 radical (unpaired) electrons. The van der Waals surface area contributed by atoms with E-state index in [1.165, 1.54) is 23.9 Å². The number of rotatable bonds is 1. The Morgan fingerprint density at radius 1 is 1.38 bits per heavy atom. The minimum absolute atomic E-state index is 0.556. The summed E-state index contributed by atoms with van der Waals surface area (Å²) in [6, 6.07) is 6.31. The number of nitrogens with one attached hydrogen (secondary N) is 2. The fraction of sp³-hybridized carbons (Fsp3) is 0.462. The Labute approximate surface area is 95.3 Å². The van der Waals surface area contributed by atoms with Crippen LogP contribution in [0.3, 0.4) is 0 Å². The van der Waals surface area contributed by atoms with E-state index in [4.69, 9.17) is 4.98 Å². The van der Waals surface area contributed by atoms with Crippen LogP contribution in [-0.4, -0.2) is 23.1 Å². The molecule has 3 heteroatoms. The fourth-order valence-electron chi connectivity index (χ4n) is 2.47. The van der Waals surface area contributed by atoms with Gasteiger partial charge in [0, 0.05) is 12.5 Å². The molecule has 0 aliphatic carbocycles. The summed E-state index contributed by atoms with van der Waals surface area (Å²) in [5.41, 5.74) is 3.55. The fourth-order valence-corrected chi connectivity index (χ4v) is 2.47. The van der Waals surface area contributed by atoms with Crippen LogP contribution in [0, 0.1) is 6.92 Å². The average molecular weight is 215 g/mol. The van der Waals surface area contributed by atoms with Crippen molar-refractivity contribution in [2.75, 3.05) is 13.1 Å². The van der Waals surface area contributed by atoms with Gasteiger partial charge in [-0.25, -0.2) is 4.98 Å². The smallest absolute Gasteiger partial charge is 0.111 e. The lowest BCUT2D eigenvalue weighted by Gasteiger charge is -2.20. The Hall–Kier alpha value is -1.35. The SMILES string of the molecule is Cc1cccc2[nH]c([C@H]3CCCNC3)nc12. The number of hydrogen-bond donors (Lipinski definition) is 2. The van der Waals surface area contributed by atoms with Crippen molar-refractivity contribution < 1.29 is 0 Å². The molecule has 2 N–H and O–H groups in total. The van der Waals surface area contributed by atoms with Gasteiger partial charge in [0.25, 0.3) is 0 Å². The molecule has 3 rings (SSSR count). The molecule has 1 aliphatic rings. The van der Waals surface area contributed by atoms with Crippen molar-refractivity contribution in [3.05, 3.63) is 29.6 Å². The van der Waals surface area contributed by atoms with E-state index < -0.39 is 0 Å². The van der Waals surface area contributed by atoms with E-state index >= 15 is 0 Å². The normalized spacial score (nSPS) is 21.4. The van der Waals surface area contributed by atoms with Crippen LogP contribution in [0.15, 0.2) is 18.2 Å². The summed E-state index contributed by atoms with van der Waals surface area (Å²) in [5.74, 6) is 1.71. The molecule has 2 aromatic rings. The highest BCUT2D eigenvalue weighted by atomic mass is 15.0. The molecule has 1 saturated heterocycles. The van der Waals surface area contributed by atoms with Crippen LogP contribution in [0.25, 0.3) is 11.0 Å². The van der Waals surface area contributed by atoms with E-state index in [1.54, 1.807) is 0 Å². The van der Waals surface area contributed by atoms with E-state index in [0.29, 0.717) is 5.92 Å². The first-order valence-corrected chi connectivity index (χ1v) is 6.00. The van der Waals surface area contributed by atoms with Gasteiger partial charge in [0.05, 0.1) is 11.0 Å². The van der Waals surface area contributed by atoms with E-state index in [9.17, 15) is 0 Å². The Kier molecular flexibility index (Phi) is 2.40. The molecule has 1 aromatic heterocycles. The minimum atomic E-state index is 0.556. The van der Waals surface area contributed by atoms with Gasteiger partial charge in [-0.15, -0.1) is 0 Å². The van der Waals surface area contributed by atoms with Crippen LogP contribution in [-0.2, 0) is 0 Å². The van der Waals surface area contributed by atoms with Crippen molar-refractivity contribution in [3.63, 3.8) is 0 Å². The highest BCUT2D eigenvalue weighted by Crippen LogP contribution is 2.24. The standard InChI is InChI=1S/C13H17N3/c1-9-4-2-6-11-12(9)16-13(15-11)10-5-3-7-14-8-10/h2,4,6,10,14H,3,5,7-8H2,1H3,(H,15,16)/t10-/m0/s1. The van der Waals surface area contributed by atoms with Gasteiger partial charge in [0.2, 0.25) is 0 Å². The molecule has 1 aromatic carbocycles. The van der Waals surface area contributed by atoms with E-state index in [-0.39, 0.29) is 0 Å². The topological polar surface area (TPSA) is 40.7 Å². The largest absolute Gasteiger partial charge is 0.342 e. The summed E-state index contributed by atoms with van der Waals surface area (Å²) in [4.78, 5) is 8.20. The molecule has 1 fully saturated rings.